The Kier molecular flexibility index (Phi) is 5.88. The molecular weight excluding hydrogens is 470 g/mol. The molecule has 0 saturated carbocycles. The summed E-state index contributed by atoms with van der Waals surface area (Å²) in [6.07, 6.45) is 0. The van der Waals surface area contributed by atoms with Crippen molar-refractivity contribution in [3.8, 4) is 22.3 Å². The topological polar surface area (TPSA) is 3.24 Å². The SMILES string of the molecule is c1ccc(-c2cccc(-c3c(N(c4ccccc4)c4ccccc4)c4ccccc4c4ccccc34)c2)cc1. The quantitative estimate of drug-likeness (QED) is 0.214. The molecular formula is C38H27N. The molecule has 0 atom stereocenters. The van der Waals surface area contributed by atoms with Gasteiger partial charge in [0.1, 0.15) is 0 Å². The minimum absolute atomic E-state index is 1.13. The summed E-state index contributed by atoms with van der Waals surface area (Å²) in [5.74, 6) is 0. The first kappa shape index (κ1) is 23.0. The standard InChI is InChI=1S/C38H27N/c1-4-15-28(16-5-1)29-17-14-18-30(27-29)37-35-25-12-10-23-33(35)34-24-11-13-26-36(34)38(37)39(31-19-6-2-7-20-31)32-21-8-3-9-22-32/h1-27H. The van der Waals surface area contributed by atoms with E-state index in [1.54, 1.807) is 0 Å². The average Bonchev–Trinajstić information content (AvgIpc) is 3.03. The molecule has 0 aliphatic rings. The summed E-state index contributed by atoms with van der Waals surface area (Å²) in [5, 5.41) is 4.98. The van der Waals surface area contributed by atoms with Gasteiger partial charge in [0.25, 0.3) is 0 Å². The summed E-state index contributed by atoms with van der Waals surface area (Å²) in [6.45, 7) is 0. The van der Waals surface area contributed by atoms with Gasteiger partial charge in [0.15, 0.2) is 0 Å². The van der Waals surface area contributed by atoms with Crippen LogP contribution in [-0.2, 0) is 0 Å². The van der Waals surface area contributed by atoms with E-state index in [9.17, 15) is 0 Å². The maximum Gasteiger partial charge on any atom is 0.0624 e. The van der Waals surface area contributed by atoms with E-state index < -0.39 is 0 Å². The molecule has 7 rings (SSSR count). The Morgan fingerprint density at radius 1 is 0.308 bits per heavy atom. The molecule has 1 nitrogen and oxygen atoms in total. The van der Waals surface area contributed by atoms with Crippen molar-refractivity contribution in [1.82, 2.24) is 0 Å². The highest BCUT2D eigenvalue weighted by Gasteiger charge is 2.23. The fourth-order valence-corrected chi connectivity index (χ4v) is 5.69. The minimum atomic E-state index is 1.13. The summed E-state index contributed by atoms with van der Waals surface area (Å²) >= 11 is 0. The van der Waals surface area contributed by atoms with Gasteiger partial charge in [-0.2, -0.15) is 0 Å². The van der Waals surface area contributed by atoms with Gasteiger partial charge in [-0.3, -0.25) is 0 Å². The van der Waals surface area contributed by atoms with Gasteiger partial charge in [-0.05, 0) is 63.2 Å². The predicted octanol–water partition coefficient (Wildman–Crippen LogP) is 10.8. The second-order valence-electron chi connectivity index (χ2n) is 9.77. The van der Waals surface area contributed by atoms with Crippen molar-refractivity contribution in [2.24, 2.45) is 0 Å². The zero-order valence-corrected chi connectivity index (χ0v) is 21.5. The van der Waals surface area contributed by atoms with Crippen molar-refractivity contribution in [3.63, 3.8) is 0 Å². The number of fused-ring (bicyclic) bond motifs is 3. The van der Waals surface area contributed by atoms with Crippen LogP contribution < -0.4 is 4.90 Å². The van der Waals surface area contributed by atoms with Gasteiger partial charge in [-0.15, -0.1) is 0 Å². The van der Waals surface area contributed by atoms with Crippen molar-refractivity contribution in [1.29, 1.82) is 0 Å². The van der Waals surface area contributed by atoms with E-state index >= 15 is 0 Å². The molecule has 0 spiro atoms. The third-order valence-electron chi connectivity index (χ3n) is 7.42. The Bertz CT molecular complexity index is 1850. The van der Waals surface area contributed by atoms with Crippen molar-refractivity contribution in [2.75, 3.05) is 4.90 Å². The van der Waals surface area contributed by atoms with Gasteiger partial charge in [0, 0.05) is 22.3 Å². The van der Waals surface area contributed by atoms with E-state index in [1.165, 1.54) is 49.5 Å². The van der Waals surface area contributed by atoms with Crippen LogP contribution in [0.3, 0.4) is 0 Å². The fraction of sp³-hybridized carbons (Fsp3) is 0. The van der Waals surface area contributed by atoms with Gasteiger partial charge in [0.05, 0.1) is 5.69 Å². The summed E-state index contributed by atoms with van der Waals surface area (Å²) in [4.78, 5) is 2.42. The molecule has 0 radical (unpaired) electrons. The van der Waals surface area contributed by atoms with Crippen LogP contribution in [0, 0.1) is 0 Å². The maximum atomic E-state index is 2.42. The molecule has 0 aromatic heterocycles. The Hall–Kier alpha value is -5.14. The van der Waals surface area contributed by atoms with Gasteiger partial charge >= 0.3 is 0 Å². The van der Waals surface area contributed by atoms with Gasteiger partial charge < -0.3 is 4.90 Å². The molecule has 0 amide bonds. The maximum absolute atomic E-state index is 2.42. The molecule has 0 N–H and O–H groups in total. The highest BCUT2D eigenvalue weighted by Crippen LogP contribution is 2.49. The molecule has 0 unspecified atom stereocenters. The van der Waals surface area contributed by atoms with Crippen LogP contribution in [0.4, 0.5) is 17.1 Å². The molecule has 7 aromatic carbocycles. The molecule has 0 heterocycles. The first-order valence-corrected chi connectivity index (χ1v) is 13.4. The van der Waals surface area contributed by atoms with E-state index in [0.29, 0.717) is 0 Å². The number of anilines is 3. The van der Waals surface area contributed by atoms with Gasteiger partial charge in [-0.1, -0.05) is 133 Å². The summed E-state index contributed by atoms with van der Waals surface area (Å²) in [5.41, 5.74) is 8.30. The normalized spacial score (nSPS) is 11.1. The minimum Gasteiger partial charge on any atom is -0.309 e. The Balaban J connectivity index is 1.63. The van der Waals surface area contributed by atoms with E-state index in [4.69, 9.17) is 0 Å². The second-order valence-corrected chi connectivity index (χ2v) is 9.77. The largest absolute Gasteiger partial charge is 0.309 e. The number of rotatable bonds is 5. The molecule has 0 bridgehead atoms. The molecule has 0 aliphatic carbocycles. The van der Waals surface area contributed by atoms with Crippen LogP contribution in [0.5, 0.6) is 0 Å². The molecule has 184 valence electrons. The highest BCUT2D eigenvalue weighted by atomic mass is 15.1. The third-order valence-corrected chi connectivity index (χ3v) is 7.42. The fourth-order valence-electron chi connectivity index (χ4n) is 5.69. The van der Waals surface area contributed by atoms with Crippen LogP contribution in [0.1, 0.15) is 0 Å². The first-order valence-electron chi connectivity index (χ1n) is 13.4. The van der Waals surface area contributed by atoms with E-state index in [0.717, 1.165) is 11.4 Å². The average molecular weight is 498 g/mol. The lowest BCUT2D eigenvalue weighted by Gasteiger charge is -2.30. The molecule has 1 heteroatoms. The number of nitrogens with zero attached hydrogens (tertiary/aromatic N) is 1. The smallest absolute Gasteiger partial charge is 0.0624 e. The van der Waals surface area contributed by atoms with Crippen molar-refractivity contribution in [2.45, 2.75) is 0 Å². The number of hydrogen-bond acceptors (Lipinski definition) is 1. The van der Waals surface area contributed by atoms with Crippen LogP contribution in [0.15, 0.2) is 164 Å². The molecule has 0 aliphatic heterocycles. The Labute approximate surface area is 229 Å². The monoisotopic (exact) mass is 497 g/mol. The van der Waals surface area contributed by atoms with Crippen LogP contribution >= 0.6 is 0 Å². The zero-order chi connectivity index (χ0) is 26.0. The zero-order valence-electron chi connectivity index (χ0n) is 21.5. The van der Waals surface area contributed by atoms with Gasteiger partial charge in [-0.25, -0.2) is 0 Å². The summed E-state index contributed by atoms with van der Waals surface area (Å²) in [6, 6.07) is 58.6. The number of para-hydroxylation sites is 2. The van der Waals surface area contributed by atoms with E-state index in [-0.39, 0.29) is 0 Å². The van der Waals surface area contributed by atoms with Crippen molar-refractivity contribution in [3.05, 3.63) is 164 Å². The molecule has 39 heavy (non-hydrogen) atoms. The lowest BCUT2D eigenvalue weighted by Crippen LogP contribution is -2.12. The lowest BCUT2D eigenvalue weighted by atomic mass is 9.89. The summed E-state index contributed by atoms with van der Waals surface area (Å²) < 4.78 is 0. The third kappa shape index (κ3) is 4.15. The van der Waals surface area contributed by atoms with E-state index in [2.05, 4.69) is 169 Å². The summed E-state index contributed by atoms with van der Waals surface area (Å²) in [7, 11) is 0. The molecule has 7 aromatic rings. The number of benzene rings is 7. The molecule has 0 saturated heterocycles. The van der Waals surface area contributed by atoms with Gasteiger partial charge in [0.2, 0.25) is 0 Å². The Morgan fingerprint density at radius 3 is 1.36 bits per heavy atom. The van der Waals surface area contributed by atoms with E-state index in [1.807, 2.05) is 0 Å². The Morgan fingerprint density at radius 2 is 0.744 bits per heavy atom. The first-order chi connectivity index (χ1) is 19.4. The van der Waals surface area contributed by atoms with Crippen LogP contribution in [0.2, 0.25) is 0 Å². The van der Waals surface area contributed by atoms with Crippen LogP contribution in [-0.4, -0.2) is 0 Å². The number of hydrogen-bond donors (Lipinski definition) is 0. The lowest BCUT2D eigenvalue weighted by molar-refractivity contribution is 1.30. The van der Waals surface area contributed by atoms with Crippen molar-refractivity contribution >= 4 is 38.6 Å². The van der Waals surface area contributed by atoms with Crippen molar-refractivity contribution < 1.29 is 0 Å². The highest BCUT2D eigenvalue weighted by molar-refractivity contribution is 6.22. The second kappa shape index (κ2) is 9.96. The molecule has 0 fully saturated rings. The predicted molar refractivity (Wildman–Crippen MR) is 167 cm³/mol. The van der Waals surface area contributed by atoms with Crippen LogP contribution in [0.25, 0.3) is 43.8 Å².